The number of amides is 1. The normalized spacial score (nSPS) is 16.5. The summed E-state index contributed by atoms with van der Waals surface area (Å²) in [7, 11) is 0. The summed E-state index contributed by atoms with van der Waals surface area (Å²) in [5.74, 6) is 0.710. The predicted octanol–water partition coefficient (Wildman–Crippen LogP) is 3.45. The van der Waals surface area contributed by atoms with Gasteiger partial charge in [-0.05, 0) is 61.2 Å². The van der Waals surface area contributed by atoms with Crippen LogP contribution in [0.4, 0.5) is 0 Å². The van der Waals surface area contributed by atoms with E-state index in [0.29, 0.717) is 37.8 Å². The Kier molecular flexibility index (Phi) is 11.4. The predicted molar refractivity (Wildman–Crippen MR) is 144 cm³/mol. The molecule has 0 radical (unpaired) electrons. The molecule has 0 fully saturated rings. The van der Waals surface area contributed by atoms with Crippen LogP contribution in [0.2, 0.25) is 0 Å². The van der Waals surface area contributed by atoms with Crippen LogP contribution in [0.5, 0.6) is 5.75 Å². The minimum atomic E-state index is -1.22. The Morgan fingerprint density at radius 2 is 1.95 bits per heavy atom. The molecule has 0 bridgehead atoms. The van der Waals surface area contributed by atoms with Gasteiger partial charge in [-0.25, -0.2) is 10.4 Å². The van der Waals surface area contributed by atoms with Gasteiger partial charge in [-0.2, -0.15) is 0 Å². The number of hydrogen-bond donors (Lipinski definition) is 3. The fourth-order valence-corrected chi connectivity index (χ4v) is 3.88. The number of aliphatic hydroxyl groups is 1. The van der Waals surface area contributed by atoms with Crippen molar-refractivity contribution in [3.8, 4) is 5.75 Å². The van der Waals surface area contributed by atoms with Gasteiger partial charge in [0, 0.05) is 43.1 Å². The van der Waals surface area contributed by atoms with Crippen LogP contribution < -0.4 is 15.6 Å². The third-order valence-corrected chi connectivity index (χ3v) is 5.86. The zero-order valence-corrected chi connectivity index (χ0v) is 21.9. The zero-order chi connectivity index (χ0) is 27.2. The van der Waals surface area contributed by atoms with Crippen LogP contribution in [0, 0.1) is 0 Å². The van der Waals surface area contributed by atoms with E-state index in [9.17, 15) is 4.79 Å². The van der Waals surface area contributed by atoms with E-state index in [0.717, 1.165) is 23.1 Å². The Morgan fingerprint density at radius 1 is 1.18 bits per heavy atom. The third-order valence-electron chi connectivity index (χ3n) is 5.86. The highest BCUT2D eigenvalue weighted by molar-refractivity contribution is 6.00. The lowest BCUT2D eigenvalue weighted by Gasteiger charge is -2.24. The third kappa shape index (κ3) is 8.46. The van der Waals surface area contributed by atoms with E-state index in [1.165, 1.54) is 0 Å². The molecule has 3 rings (SSSR count). The summed E-state index contributed by atoms with van der Waals surface area (Å²) in [6.45, 7) is 5.80. The number of carbonyl (C=O) groups is 1. The summed E-state index contributed by atoms with van der Waals surface area (Å²) < 4.78 is 17.1. The number of aliphatic hydroxyl groups excluding tert-OH is 1. The lowest BCUT2D eigenvalue weighted by Crippen LogP contribution is -2.53. The monoisotopic (exact) mass is 524 g/mol. The molecule has 0 saturated heterocycles. The summed E-state index contributed by atoms with van der Waals surface area (Å²) in [5.41, 5.74) is 15.7. The van der Waals surface area contributed by atoms with Crippen LogP contribution in [0.3, 0.4) is 0 Å². The van der Waals surface area contributed by atoms with Crippen molar-refractivity contribution in [1.82, 2.24) is 10.9 Å². The summed E-state index contributed by atoms with van der Waals surface area (Å²) in [6, 6.07) is 14.8. The lowest BCUT2D eigenvalue weighted by atomic mass is 9.89. The van der Waals surface area contributed by atoms with Crippen molar-refractivity contribution >= 4 is 11.8 Å². The highest BCUT2D eigenvalue weighted by atomic mass is 16.5. The molecule has 0 aliphatic carbocycles. The van der Waals surface area contributed by atoms with Crippen LogP contribution in [0.1, 0.15) is 43.4 Å². The molecule has 2 aromatic rings. The molecule has 2 aromatic carbocycles. The van der Waals surface area contributed by atoms with Crippen molar-refractivity contribution in [2.75, 3.05) is 33.0 Å². The molecule has 0 unspecified atom stereocenters. The van der Waals surface area contributed by atoms with Gasteiger partial charge in [-0.15, -0.1) is 0 Å². The SMILES string of the molecule is CC(C)OCCCNNC(=O)[C@]1(Cc2ccccc2CN=[N+]=[N-])COC(c2ccc(OCCCO)cc2)=N1. The summed E-state index contributed by atoms with van der Waals surface area (Å²) in [4.78, 5) is 21.2. The van der Waals surface area contributed by atoms with Gasteiger partial charge in [0.1, 0.15) is 12.4 Å². The van der Waals surface area contributed by atoms with E-state index in [2.05, 4.69) is 20.9 Å². The van der Waals surface area contributed by atoms with Crippen LogP contribution in [0.15, 0.2) is 58.6 Å². The Hall–Kier alpha value is -3.63. The molecular formula is C27H36N6O5. The van der Waals surface area contributed by atoms with Crippen LogP contribution in [-0.2, 0) is 27.2 Å². The summed E-state index contributed by atoms with van der Waals surface area (Å²) >= 11 is 0. The second-order valence-electron chi connectivity index (χ2n) is 9.18. The molecule has 38 heavy (non-hydrogen) atoms. The molecule has 1 aliphatic rings. The molecule has 1 heterocycles. The van der Waals surface area contributed by atoms with Crippen LogP contribution in [-0.4, -0.2) is 61.5 Å². The molecule has 11 heteroatoms. The van der Waals surface area contributed by atoms with Crippen molar-refractivity contribution in [3.63, 3.8) is 0 Å². The number of benzene rings is 2. The number of aliphatic imine (C=N–C) groups is 1. The summed E-state index contributed by atoms with van der Waals surface area (Å²) in [5, 5.41) is 12.6. The van der Waals surface area contributed by atoms with Gasteiger partial charge in [0.15, 0.2) is 5.54 Å². The number of carbonyl (C=O) groups excluding carboxylic acids is 1. The van der Waals surface area contributed by atoms with E-state index in [1.54, 1.807) is 12.1 Å². The Balaban J connectivity index is 1.79. The van der Waals surface area contributed by atoms with Gasteiger partial charge in [0.2, 0.25) is 5.90 Å². The molecule has 1 amide bonds. The minimum absolute atomic E-state index is 0.0525. The fourth-order valence-electron chi connectivity index (χ4n) is 3.88. The van der Waals surface area contributed by atoms with Gasteiger partial charge in [-0.1, -0.05) is 29.4 Å². The number of hydrogen-bond acceptors (Lipinski definition) is 8. The first-order valence-corrected chi connectivity index (χ1v) is 12.8. The fraction of sp³-hybridized carbons (Fsp3) is 0.481. The van der Waals surface area contributed by atoms with Crippen molar-refractivity contribution < 1.29 is 24.1 Å². The first-order valence-electron chi connectivity index (χ1n) is 12.8. The van der Waals surface area contributed by atoms with Gasteiger partial charge in [-0.3, -0.25) is 10.2 Å². The molecule has 0 aromatic heterocycles. The maximum atomic E-state index is 13.5. The zero-order valence-electron chi connectivity index (χ0n) is 21.9. The standard InChI is InChI=1S/C27H36N6O5/c1-20(2)36-15-5-13-29-32-26(35)27(17-22-7-3-4-8-23(22)18-30-33-28)19-38-25(31-27)21-9-11-24(12-10-21)37-16-6-14-34/h3-4,7-12,20,29,34H,5-6,13-19H2,1-2H3,(H,32,35)/t27-/m0/s1. The molecule has 1 aliphatic heterocycles. The molecular weight excluding hydrogens is 488 g/mol. The van der Waals surface area contributed by atoms with E-state index in [-0.39, 0.29) is 38.2 Å². The molecule has 1 atom stereocenters. The second kappa shape index (κ2) is 14.9. The molecule has 11 nitrogen and oxygen atoms in total. The maximum absolute atomic E-state index is 13.5. The average Bonchev–Trinajstić information content (AvgIpc) is 3.35. The van der Waals surface area contributed by atoms with Gasteiger partial charge in [0.25, 0.3) is 5.91 Å². The Morgan fingerprint density at radius 3 is 2.66 bits per heavy atom. The van der Waals surface area contributed by atoms with E-state index < -0.39 is 5.54 Å². The van der Waals surface area contributed by atoms with Crippen molar-refractivity contribution in [3.05, 3.63) is 75.7 Å². The van der Waals surface area contributed by atoms with E-state index >= 15 is 0 Å². The number of rotatable bonds is 16. The maximum Gasteiger partial charge on any atom is 0.266 e. The first-order chi connectivity index (χ1) is 18.5. The quantitative estimate of drug-likeness (QED) is 0.101. The smallest absolute Gasteiger partial charge is 0.266 e. The van der Waals surface area contributed by atoms with Crippen LogP contribution in [0.25, 0.3) is 10.4 Å². The van der Waals surface area contributed by atoms with Crippen molar-refractivity contribution in [2.24, 2.45) is 10.1 Å². The number of nitrogens with one attached hydrogen (secondary N) is 2. The van der Waals surface area contributed by atoms with Crippen molar-refractivity contribution in [1.29, 1.82) is 0 Å². The lowest BCUT2D eigenvalue weighted by molar-refractivity contribution is -0.127. The van der Waals surface area contributed by atoms with Crippen molar-refractivity contribution in [2.45, 2.75) is 51.3 Å². The Bertz CT molecular complexity index is 1120. The number of hydrazine groups is 1. The minimum Gasteiger partial charge on any atom is -0.494 e. The van der Waals surface area contributed by atoms with Gasteiger partial charge < -0.3 is 19.3 Å². The van der Waals surface area contributed by atoms with Crippen LogP contribution >= 0.6 is 0 Å². The topological polar surface area (TPSA) is 150 Å². The molecule has 3 N–H and O–H groups in total. The summed E-state index contributed by atoms with van der Waals surface area (Å²) in [6.07, 6.45) is 1.70. The number of ether oxygens (including phenoxy) is 3. The molecule has 0 saturated carbocycles. The number of nitrogens with zero attached hydrogens (tertiary/aromatic N) is 4. The Labute approximate surface area is 222 Å². The highest BCUT2D eigenvalue weighted by Gasteiger charge is 2.45. The first kappa shape index (κ1) is 28.9. The van der Waals surface area contributed by atoms with E-state index in [1.807, 2.05) is 50.2 Å². The largest absolute Gasteiger partial charge is 0.494 e. The van der Waals surface area contributed by atoms with Gasteiger partial charge in [0.05, 0.1) is 19.3 Å². The second-order valence-corrected chi connectivity index (χ2v) is 9.18. The average molecular weight is 525 g/mol. The highest BCUT2D eigenvalue weighted by Crippen LogP contribution is 2.29. The van der Waals surface area contributed by atoms with E-state index in [4.69, 9.17) is 29.8 Å². The molecule has 0 spiro atoms. The van der Waals surface area contributed by atoms with Gasteiger partial charge >= 0.3 is 0 Å². The molecule has 204 valence electrons. The number of azide groups is 1.